The molecule has 1 rings (SSSR count). The van der Waals surface area contributed by atoms with E-state index >= 15 is 0 Å². The fourth-order valence-corrected chi connectivity index (χ4v) is 1.07. The van der Waals surface area contributed by atoms with Gasteiger partial charge in [-0.2, -0.15) is 0 Å². The highest BCUT2D eigenvalue weighted by Gasteiger charge is 2.18. The number of aromatic nitrogens is 2. The van der Waals surface area contributed by atoms with E-state index in [4.69, 9.17) is 10.2 Å². The topological polar surface area (TPSA) is 115 Å². The second-order valence-corrected chi connectivity index (χ2v) is 2.95. The van der Waals surface area contributed by atoms with Gasteiger partial charge in [0.2, 0.25) is 0 Å². The summed E-state index contributed by atoms with van der Waals surface area (Å²) in [6, 6.07) is -0.929. The molecule has 0 saturated carbocycles. The van der Waals surface area contributed by atoms with Crippen LogP contribution in [0.3, 0.4) is 0 Å². The van der Waals surface area contributed by atoms with Crippen LogP contribution in [-0.4, -0.2) is 44.7 Å². The van der Waals surface area contributed by atoms with Crippen LogP contribution in [0.4, 0.5) is 0 Å². The van der Waals surface area contributed by atoms with Crippen LogP contribution in [0.15, 0.2) is 12.5 Å². The van der Waals surface area contributed by atoms with E-state index in [9.17, 15) is 9.59 Å². The van der Waals surface area contributed by atoms with Crippen LogP contribution in [0.25, 0.3) is 0 Å². The maximum absolute atomic E-state index is 10.7. The van der Waals surface area contributed by atoms with Crippen molar-refractivity contribution in [2.24, 2.45) is 0 Å². The maximum atomic E-state index is 10.7. The minimum atomic E-state index is -1.09. The summed E-state index contributed by atoms with van der Waals surface area (Å²) in [5.41, 5.74) is 0.639. The normalized spacial score (nSPS) is 12.3. The number of nitrogens with zero attached hydrogens (tertiary/aromatic N) is 1. The zero-order chi connectivity index (χ0) is 11.3. The first-order chi connectivity index (χ1) is 7.09. The summed E-state index contributed by atoms with van der Waals surface area (Å²) in [5, 5.41) is 19.6. The molecule has 7 heteroatoms. The predicted molar refractivity (Wildman–Crippen MR) is 49.4 cm³/mol. The first-order valence-electron chi connectivity index (χ1n) is 4.25. The Bertz CT molecular complexity index is 336. The van der Waals surface area contributed by atoms with Crippen molar-refractivity contribution >= 4 is 11.9 Å². The van der Waals surface area contributed by atoms with Gasteiger partial charge in [-0.3, -0.25) is 14.9 Å². The fraction of sp³-hybridized carbons (Fsp3) is 0.375. The van der Waals surface area contributed by atoms with E-state index in [1.807, 2.05) is 0 Å². The van der Waals surface area contributed by atoms with Gasteiger partial charge in [-0.1, -0.05) is 0 Å². The molecule has 0 aliphatic carbocycles. The monoisotopic (exact) mass is 213 g/mol. The van der Waals surface area contributed by atoms with Crippen LogP contribution in [0, 0.1) is 0 Å². The van der Waals surface area contributed by atoms with E-state index < -0.39 is 18.0 Å². The van der Waals surface area contributed by atoms with Gasteiger partial charge < -0.3 is 15.2 Å². The van der Waals surface area contributed by atoms with Crippen molar-refractivity contribution in [3.8, 4) is 0 Å². The average Bonchev–Trinajstić information content (AvgIpc) is 2.63. The number of carboxylic acid groups (broad SMARTS) is 2. The van der Waals surface area contributed by atoms with Crippen LogP contribution >= 0.6 is 0 Å². The van der Waals surface area contributed by atoms with Gasteiger partial charge in [-0.25, -0.2) is 4.98 Å². The van der Waals surface area contributed by atoms with Crippen molar-refractivity contribution in [2.45, 2.75) is 12.5 Å². The lowest BCUT2D eigenvalue weighted by atomic mass is 10.1. The molecule has 0 spiro atoms. The third-order valence-corrected chi connectivity index (χ3v) is 1.78. The molecule has 0 aliphatic rings. The summed E-state index contributed by atoms with van der Waals surface area (Å²) >= 11 is 0. The third-order valence-electron chi connectivity index (χ3n) is 1.78. The van der Waals surface area contributed by atoms with Crippen LogP contribution in [0.5, 0.6) is 0 Å². The zero-order valence-corrected chi connectivity index (χ0v) is 7.80. The number of aromatic amines is 1. The second-order valence-electron chi connectivity index (χ2n) is 2.95. The molecule has 0 aromatic carbocycles. The Kier molecular flexibility index (Phi) is 3.81. The number of H-pyrrole nitrogens is 1. The molecule has 0 amide bonds. The molecule has 0 aliphatic heterocycles. The lowest BCUT2D eigenvalue weighted by Gasteiger charge is -2.11. The molecule has 1 aromatic rings. The summed E-state index contributed by atoms with van der Waals surface area (Å²) in [4.78, 5) is 27.5. The van der Waals surface area contributed by atoms with Gasteiger partial charge in [0.05, 0.1) is 12.9 Å². The summed E-state index contributed by atoms with van der Waals surface area (Å²) in [6.45, 7) is -0.384. The Hall–Kier alpha value is -1.89. The quantitative estimate of drug-likeness (QED) is 0.485. The number of nitrogens with one attached hydrogen (secondary N) is 2. The Balaban J connectivity index is 2.51. The van der Waals surface area contributed by atoms with E-state index in [-0.39, 0.29) is 13.0 Å². The number of imidazole rings is 1. The highest BCUT2D eigenvalue weighted by atomic mass is 16.4. The van der Waals surface area contributed by atoms with Crippen molar-refractivity contribution in [2.75, 3.05) is 6.54 Å². The first kappa shape index (κ1) is 11.2. The maximum Gasteiger partial charge on any atom is 0.321 e. The lowest BCUT2D eigenvalue weighted by Crippen LogP contribution is -2.41. The Morgan fingerprint density at radius 3 is 2.73 bits per heavy atom. The molecule has 1 heterocycles. The highest BCUT2D eigenvalue weighted by Crippen LogP contribution is 1.98. The van der Waals surface area contributed by atoms with E-state index in [2.05, 4.69) is 15.3 Å². The average molecular weight is 213 g/mol. The van der Waals surface area contributed by atoms with Crippen molar-refractivity contribution in [1.82, 2.24) is 15.3 Å². The van der Waals surface area contributed by atoms with Crippen LogP contribution in [0.1, 0.15) is 5.69 Å². The fourth-order valence-electron chi connectivity index (χ4n) is 1.07. The largest absolute Gasteiger partial charge is 0.480 e. The van der Waals surface area contributed by atoms with Gasteiger partial charge in [0.25, 0.3) is 0 Å². The minimum Gasteiger partial charge on any atom is -0.480 e. The summed E-state index contributed by atoms with van der Waals surface area (Å²) < 4.78 is 0. The molecule has 82 valence electrons. The molecular formula is C8H11N3O4. The third kappa shape index (κ3) is 3.77. The van der Waals surface area contributed by atoms with Gasteiger partial charge in [-0.15, -0.1) is 0 Å². The number of carbonyl (C=O) groups is 2. The molecule has 0 fully saturated rings. The molecule has 7 nitrogen and oxygen atoms in total. The molecule has 0 radical (unpaired) electrons. The molecule has 15 heavy (non-hydrogen) atoms. The molecule has 1 atom stereocenters. The van der Waals surface area contributed by atoms with E-state index in [1.54, 1.807) is 0 Å². The van der Waals surface area contributed by atoms with Crippen molar-refractivity contribution in [3.63, 3.8) is 0 Å². The van der Waals surface area contributed by atoms with Gasteiger partial charge in [0, 0.05) is 18.3 Å². The van der Waals surface area contributed by atoms with Gasteiger partial charge in [0.15, 0.2) is 0 Å². The molecule has 0 unspecified atom stereocenters. The summed E-state index contributed by atoms with van der Waals surface area (Å²) in [7, 11) is 0. The summed E-state index contributed by atoms with van der Waals surface area (Å²) in [5.74, 6) is -2.18. The van der Waals surface area contributed by atoms with Crippen molar-refractivity contribution in [3.05, 3.63) is 18.2 Å². The van der Waals surface area contributed by atoms with Gasteiger partial charge in [0.1, 0.15) is 6.04 Å². The van der Waals surface area contributed by atoms with Crippen LogP contribution in [0.2, 0.25) is 0 Å². The first-order valence-corrected chi connectivity index (χ1v) is 4.25. The van der Waals surface area contributed by atoms with Crippen LogP contribution in [-0.2, 0) is 16.0 Å². The number of rotatable bonds is 6. The Morgan fingerprint density at radius 2 is 2.27 bits per heavy atom. The molecule has 0 saturated heterocycles. The predicted octanol–water partition coefficient (Wildman–Crippen LogP) is -0.920. The number of aliphatic carboxylic acids is 2. The minimum absolute atomic E-state index is 0.169. The highest BCUT2D eigenvalue weighted by molar-refractivity contribution is 5.75. The molecule has 4 N–H and O–H groups in total. The van der Waals surface area contributed by atoms with E-state index in [1.165, 1.54) is 12.5 Å². The zero-order valence-electron chi connectivity index (χ0n) is 7.80. The standard InChI is InChI=1S/C8H11N3O4/c12-7(13)3-10-6(8(14)15)1-5-2-9-4-11-5/h2,4,6,10H,1,3H2,(H,9,11)(H,12,13)(H,14,15)/t6-/m1/s1. The summed E-state index contributed by atoms with van der Waals surface area (Å²) in [6.07, 6.45) is 3.10. The molecular weight excluding hydrogens is 202 g/mol. The Labute approximate surface area is 85.1 Å². The molecule has 0 bridgehead atoms. The number of hydrogen-bond donors (Lipinski definition) is 4. The van der Waals surface area contributed by atoms with E-state index in [0.29, 0.717) is 5.69 Å². The van der Waals surface area contributed by atoms with Crippen molar-refractivity contribution < 1.29 is 19.8 Å². The SMILES string of the molecule is O=C(O)CN[C@H](Cc1cnc[nH]1)C(=O)O. The van der Waals surface area contributed by atoms with Crippen molar-refractivity contribution in [1.29, 1.82) is 0 Å². The Morgan fingerprint density at radius 1 is 1.53 bits per heavy atom. The lowest BCUT2D eigenvalue weighted by molar-refractivity contribution is -0.140. The van der Waals surface area contributed by atoms with Gasteiger partial charge in [-0.05, 0) is 0 Å². The number of carboxylic acids is 2. The smallest absolute Gasteiger partial charge is 0.321 e. The molecule has 1 aromatic heterocycles. The second kappa shape index (κ2) is 5.11. The van der Waals surface area contributed by atoms with Crippen LogP contribution < -0.4 is 5.32 Å². The number of hydrogen-bond acceptors (Lipinski definition) is 4. The van der Waals surface area contributed by atoms with E-state index in [0.717, 1.165) is 0 Å². The van der Waals surface area contributed by atoms with Gasteiger partial charge >= 0.3 is 11.9 Å².